The van der Waals surface area contributed by atoms with Crippen molar-refractivity contribution < 1.29 is 38.7 Å². The van der Waals surface area contributed by atoms with Crippen LogP contribution in [0.4, 0.5) is 0 Å². The zero-order valence-corrected chi connectivity index (χ0v) is 37.9. The Morgan fingerprint density at radius 1 is 0.683 bits per heavy atom. The van der Waals surface area contributed by atoms with Crippen LogP contribution >= 0.6 is 0 Å². The summed E-state index contributed by atoms with van der Waals surface area (Å²) in [5.74, 6) is -7.06. The molecule has 18 nitrogen and oxygen atoms in total. The van der Waals surface area contributed by atoms with Crippen LogP contribution < -0.4 is 39.7 Å². The number of hydrogen-bond donors (Lipinski definition) is 8. The van der Waals surface area contributed by atoms with Crippen LogP contribution in [0, 0.1) is 45.3 Å². The van der Waals surface area contributed by atoms with Gasteiger partial charge < -0.3 is 44.8 Å². The minimum absolute atomic E-state index is 0.0237. The molecule has 14 N–H and O–H groups in total. The van der Waals surface area contributed by atoms with Crippen molar-refractivity contribution in [3.63, 3.8) is 0 Å². The molecule has 0 aromatic heterocycles. The van der Waals surface area contributed by atoms with Gasteiger partial charge >= 0.3 is 5.97 Å². The number of rotatable bonds is 18. The van der Waals surface area contributed by atoms with Crippen molar-refractivity contribution in [2.45, 2.75) is 138 Å². The Bertz CT molecular complexity index is 2220. The van der Waals surface area contributed by atoms with E-state index in [0.717, 1.165) is 0 Å². The largest absolute Gasteiger partial charge is 0.481 e. The number of amides is 6. The number of hydrogen-bond acceptors (Lipinski definition) is 11. The maximum Gasteiger partial charge on any atom is 0.303 e. The highest BCUT2D eigenvalue weighted by molar-refractivity contribution is 6.10. The number of nitrogens with one attached hydrogen (secondary N) is 1. The molecule has 0 aromatic carbocycles. The molecule has 5 aliphatic rings. The van der Waals surface area contributed by atoms with Crippen molar-refractivity contribution in [3.8, 4) is 0 Å². The summed E-state index contributed by atoms with van der Waals surface area (Å²) in [5, 5.41) is 13.8. The quantitative estimate of drug-likeness (QED) is 0.100. The van der Waals surface area contributed by atoms with Gasteiger partial charge in [-0.25, -0.2) is 0 Å². The first-order valence-electron chi connectivity index (χ1n) is 21.6. The standard InChI is InChI=1S/C45H66N10O8/c1-21-36-24(10-13-30(47)57)41(3,4)28(53-36)18-27-23(9-12-29(46)56)43(6,19-33(50)60)39(52-27)22(2)37-25(11-14-31(48)58)44(7,20-34(51)61)45(8,55-37)40-26(17-32(49)59)42(5,38(21)54-40)16-15-35(62)63/h18,23-26,40,52H,9-17,19-20H2,1-8H3,(H2,46,56)(H2,47,57)(H2,48,58)(H2,49,59)(H2,50,60)(H2,51,61)(H,62,63)/b27-18?,36-21?,39-22-. The Labute approximate surface area is 368 Å². The Morgan fingerprint density at radius 3 is 1.73 bits per heavy atom. The number of allylic oxidation sites excluding steroid dienone is 6. The number of nitrogens with two attached hydrogens (primary N) is 6. The second kappa shape index (κ2) is 17.1. The Hall–Kier alpha value is -5.68. The predicted molar refractivity (Wildman–Crippen MR) is 237 cm³/mol. The molecule has 0 aromatic rings. The lowest BCUT2D eigenvalue weighted by atomic mass is 9.55. The summed E-state index contributed by atoms with van der Waals surface area (Å²) in [6.45, 7) is 15.1. The first-order valence-corrected chi connectivity index (χ1v) is 21.6. The van der Waals surface area contributed by atoms with Crippen LogP contribution in [-0.4, -0.2) is 75.2 Å². The smallest absolute Gasteiger partial charge is 0.303 e. The Morgan fingerprint density at radius 2 is 1.22 bits per heavy atom. The fourth-order valence-corrected chi connectivity index (χ4v) is 11.9. The summed E-state index contributed by atoms with van der Waals surface area (Å²) in [4.78, 5) is 106. The van der Waals surface area contributed by atoms with E-state index in [1.165, 1.54) is 0 Å². The van der Waals surface area contributed by atoms with E-state index in [9.17, 15) is 38.7 Å². The van der Waals surface area contributed by atoms with E-state index in [1.807, 2.05) is 61.5 Å². The van der Waals surface area contributed by atoms with Gasteiger partial charge in [0, 0.05) is 125 Å². The number of aliphatic imine (C=N–C) groups is 3. The summed E-state index contributed by atoms with van der Waals surface area (Å²) in [6, 6.07) is -0.928. The van der Waals surface area contributed by atoms with E-state index in [1.54, 1.807) is 0 Å². The number of aliphatic carboxylic acids is 1. The van der Waals surface area contributed by atoms with Gasteiger partial charge in [-0.15, -0.1) is 0 Å². The van der Waals surface area contributed by atoms with Crippen LogP contribution in [0.15, 0.2) is 49.3 Å². The molecule has 344 valence electrons. The van der Waals surface area contributed by atoms with Crippen molar-refractivity contribution in [1.29, 1.82) is 0 Å². The van der Waals surface area contributed by atoms with Crippen LogP contribution in [0.2, 0.25) is 0 Å². The van der Waals surface area contributed by atoms with Crippen LogP contribution in [0.1, 0.15) is 126 Å². The molecule has 1 saturated heterocycles. The van der Waals surface area contributed by atoms with Gasteiger partial charge in [0.1, 0.15) is 0 Å². The highest BCUT2D eigenvalue weighted by Gasteiger charge is 2.66. The fraction of sp³-hybridized carbons (Fsp3) is 0.644. The van der Waals surface area contributed by atoms with E-state index in [-0.39, 0.29) is 64.2 Å². The highest BCUT2D eigenvalue weighted by atomic mass is 16.4. The lowest BCUT2D eigenvalue weighted by Gasteiger charge is -2.48. The minimum Gasteiger partial charge on any atom is -0.481 e. The van der Waals surface area contributed by atoms with E-state index in [0.29, 0.717) is 51.8 Å². The first kappa shape index (κ1) is 48.4. The Balaban J connectivity index is 2.03. The first-order chi connectivity index (χ1) is 29.0. The van der Waals surface area contributed by atoms with Gasteiger partial charge in [-0.3, -0.25) is 48.5 Å². The van der Waals surface area contributed by atoms with Crippen molar-refractivity contribution in [2.24, 2.45) is 94.7 Å². The summed E-state index contributed by atoms with van der Waals surface area (Å²) in [6.07, 6.45) is 1.58. The average molecular weight is 875 g/mol. The third-order valence-corrected chi connectivity index (χ3v) is 15.5. The molecular weight excluding hydrogens is 809 g/mol. The summed E-state index contributed by atoms with van der Waals surface area (Å²) < 4.78 is 0. The number of carboxylic acids is 1. The molecule has 0 aliphatic carbocycles. The molecule has 18 heteroatoms. The SMILES string of the molecule is CC1=C2N=C(C=C3N/C(=C(/C)C4=NC(C)(C5N=C1C(C)(CCC(=O)O)C5CC(N)=O)C(C)(CC(N)=O)C4CCC(N)=O)C(C)(CC(N)=O)C3CCC(N)=O)C(C)(C)C2CCC(N)=O. The maximum atomic E-state index is 13.4. The second-order valence-corrected chi connectivity index (χ2v) is 19.9. The molecule has 6 amide bonds. The number of carbonyl (C=O) groups excluding carboxylic acids is 6. The maximum absolute atomic E-state index is 13.4. The molecule has 5 heterocycles. The number of carboxylic acid groups (broad SMARTS) is 1. The zero-order valence-electron chi connectivity index (χ0n) is 37.9. The number of primary amides is 6. The van der Waals surface area contributed by atoms with Gasteiger partial charge in [0.25, 0.3) is 0 Å². The number of carbonyl (C=O) groups is 7. The number of fused-ring (bicyclic) bond motifs is 6. The molecule has 9 unspecified atom stereocenters. The molecule has 0 spiro atoms. The molecule has 5 aliphatic heterocycles. The number of nitrogens with zero attached hydrogens (tertiary/aromatic N) is 3. The zero-order chi connectivity index (χ0) is 47.4. The fourth-order valence-electron chi connectivity index (χ4n) is 11.9. The van der Waals surface area contributed by atoms with Crippen molar-refractivity contribution >= 4 is 58.5 Å². The predicted octanol–water partition coefficient (Wildman–Crippen LogP) is 2.32. The lowest BCUT2D eigenvalue weighted by Crippen LogP contribution is -2.56. The van der Waals surface area contributed by atoms with Crippen LogP contribution in [0.5, 0.6) is 0 Å². The van der Waals surface area contributed by atoms with Gasteiger partial charge in [-0.05, 0) is 63.7 Å². The third-order valence-electron chi connectivity index (χ3n) is 15.5. The van der Waals surface area contributed by atoms with Gasteiger partial charge in [0.05, 0.1) is 11.6 Å². The molecule has 8 bridgehead atoms. The minimum atomic E-state index is -1.39. The molecule has 0 saturated carbocycles. The molecule has 1 fully saturated rings. The second-order valence-electron chi connectivity index (χ2n) is 19.9. The van der Waals surface area contributed by atoms with E-state index in [2.05, 4.69) is 5.32 Å². The van der Waals surface area contributed by atoms with Crippen LogP contribution in [0.3, 0.4) is 0 Å². The van der Waals surface area contributed by atoms with E-state index < -0.39 is 98.3 Å². The Kier molecular flexibility index (Phi) is 13.1. The molecule has 0 radical (unpaired) electrons. The van der Waals surface area contributed by atoms with Gasteiger partial charge in [-0.1, -0.05) is 34.6 Å². The normalized spacial score (nSPS) is 34.2. The summed E-state index contributed by atoms with van der Waals surface area (Å²) >= 11 is 0. The topological polar surface area (TPSA) is 345 Å². The van der Waals surface area contributed by atoms with Crippen molar-refractivity contribution in [2.75, 3.05) is 0 Å². The van der Waals surface area contributed by atoms with Crippen molar-refractivity contribution in [3.05, 3.63) is 34.3 Å². The highest BCUT2D eigenvalue weighted by Crippen LogP contribution is 2.62. The molecular formula is C45H66N10O8. The van der Waals surface area contributed by atoms with Crippen molar-refractivity contribution in [1.82, 2.24) is 5.32 Å². The van der Waals surface area contributed by atoms with Gasteiger partial charge in [0.15, 0.2) is 0 Å². The van der Waals surface area contributed by atoms with Gasteiger partial charge in [-0.2, -0.15) is 0 Å². The van der Waals surface area contributed by atoms with E-state index >= 15 is 0 Å². The molecule has 9 atom stereocenters. The summed E-state index contributed by atoms with van der Waals surface area (Å²) in [7, 11) is 0. The summed E-state index contributed by atoms with van der Waals surface area (Å²) in [5.41, 5.74) is 34.4. The third kappa shape index (κ3) is 8.56. The van der Waals surface area contributed by atoms with Gasteiger partial charge in [0.2, 0.25) is 35.4 Å². The monoisotopic (exact) mass is 875 g/mol. The molecule has 63 heavy (non-hydrogen) atoms. The van der Waals surface area contributed by atoms with E-state index in [4.69, 9.17) is 49.4 Å². The van der Waals surface area contributed by atoms with Crippen LogP contribution in [0.25, 0.3) is 0 Å². The average Bonchev–Trinajstić information content (AvgIpc) is 3.75. The lowest BCUT2D eigenvalue weighted by molar-refractivity contribution is -0.137. The van der Waals surface area contributed by atoms with Crippen LogP contribution in [-0.2, 0) is 33.6 Å². The molecule has 5 rings (SSSR count).